The average Bonchev–Trinajstić information content (AvgIpc) is 2.82. The number of rotatable bonds is 17. The molecule has 40 heavy (non-hydrogen) atoms. The summed E-state index contributed by atoms with van der Waals surface area (Å²) in [6.07, 6.45) is 5.05. The van der Waals surface area contributed by atoms with Crippen LogP contribution in [0.25, 0.3) is 11.1 Å². The molecule has 0 atom stereocenters. The second-order valence-electron chi connectivity index (χ2n) is 13.2. The van der Waals surface area contributed by atoms with Crippen LogP contribution in [0, 0.1) is 23.7 Å². The van der Waals surface area contributed by atoms with Crippen molar-refractivity contribution in [3.63, 3.8) is 0 Å². The predicted molar refractivity (Wildman–Crippen MR) is 173 cm³/mol. The highest BCUT2D eigenvalue weighted by atomic mass is 16.3. The zero-order valence-electron chi connectivity index (χ0n) is 26.6. The van der Waals surface area contributed by atoms with E-state index >= 15 is 0 Å². The maximum Gasteiger partial charge on any atom is 0.127 e. The minimum absolute atomic E-state index is 0.327. The van der Waals surface area contributed by atoms with Gasteiger partial charge in [-0.05, 0) is 71.4 Å². The lowest BCUT2D eigenvalue weighted by molar-refractivity contribution is 0.209. The van der Waals surface area contributed by atoms with Crippen LogP contribution in [0.1, 0.15) is 77.6 Å². The molecule has 2 N–H and O–H groups in total. The summed E-state index contributed by atoms with van der Waals surface area (Å²) in [5.41, 5.74) is 5.56. The van der Waals surface area contributed by atoms with Gasteiger partial charge >= 0.3 is 0 Å². The molecule has 2 aromatic carbocycles. The van der Waals surface area contributed by atoms with Gasteiger partial charge in [0.1, 0.15) is 11.5 Å². The number of benzene rings is 2. The number of hydrogen-bond acceptors (Lipinski definition) is 4. The van der Waals surface area contributed by atoms with E-state index in [0.717, 1.165) is 66.0 Å². The van der Waals surface area contributed by atoms with Crippen molar-refractivity contribution in [1.82, 2.24) is 9.80 Å². The lowest BCUT2D eigenvalue weighted by atomic mass is 9.92. The Morgan fingerprint density at radius 1 is 0.600 bits per heavy atom. The Bertz CT molecular complexity index is 1080. The largest absolute Gasteiger partial charge is 0.507 e. The first kappa shape index (κ1) is 33.6. The lowest BCUT2D eigenvalue weighted by Crippen LogP contribution is -2.31. The number of phenols is 2. The fraction of sp³-hybridized carbons (Fsp3) is 0.556. The third-order valence-electron chi connectivity index (χ3n) is 6.85. The molecule has 0 radical (unpaired) electrons. The molecule has 4 heteroatoms. The van der Waals surface area contributed by atoms with E-state index in [1.54, 1.807) is 0 Å². The van der Waals surface area contributed by atoms with Crippen LogP contribution in [0.5, 0.6) is 11.5 Å². The Labute approximate surface area is 245 Å². The molecule has 222 valence electrons. The molecule has 4 nitrogen and oxygen atoms in total. The molecule has 0 heterocycles. The lowest BCUT2D eigenvalue weighted by Gasteiger charge is -2.28. The molecule has 0 fully saturated rings. The van der Waals surface area contributed by atoms with Gasteiger partial charge in [0.15, 0.2) is 0 Å². The fourth-order valence-corrected chi connectivity index (χ4v) is 5.69. The van der Waals surface area contributed by atoms with Gasteiger partial charge in [-0.15, -0.1) is 13.2 Å². The third-order valence-corrected chi connectivity index (χ3v) is 6.85. The van der Waals surface area contributed by atoms with Crippen LogP contribution in [0.15, 0.2) is 49.6 Å². The summed E-state index contributed by atoms with van der Waals surface area (Å²) in [7, 11) is 0. The Kier molecular flexibility index (Phi) is 13.5. The summed E-state index contributed by atoms with van der Waals surface area (Å²) in [6, 6.07) is 8.31. The summed E-state index contributed by atoms with van der Waals surface area (Å²) >= 11 is 0. The SMILES string of the molecule is C=CCc1cc(CN(CC(C)C)CC(C)C)c(O)c(-c2cc(CC=C)c(O)c(CN(CC(C)C)CC(C)C)c2)c1. The minimum atomic E-state index is 0.327. The molecule has 0 amide bonds. The van der Waals surface area contributed by atoms with Gasteiger partial charge in [-0.2, -0.15) is 0 Å². The van der Waals surface area contributed by atoms with Crippen LogP contribution in [-0.2, 0) is 25.9 Å². The maximum absolute atomic E-state index is 11.7. The summed E-state index contributed by atoms with van der Waals surface area (Å²) in [5, 5.41) is 23.0. The molecule has 0 aliphatic rings. The van der Waals surface area contributed by atoms with Crippen LogP contribution >= 0.6 is 0 Å². The topological polar surface area (TPSA) is 46.9 Å². The highest BCUT2D eigenvalue weighted by Crippen LogP contribution is 2.39. The van der Waals surface area contributed by atoms with Gasteiger partial charge in [-0.25, -0.2) is 0 Å². The first-order chi connectivity index (χ1) is 18.8. The number of nitrogens with zero attached hydrogens (tertiary/aromatic N) is 2. The van der Waals surface area contributed by atoms with Crippen LogP contribution in [-0.4, -0.2) is 46.2 Å². The van der Waals surface area contributed by atoms with E-state index in [2.05, 4.69) is 96.5 Å². The molecular formula is C36H56N2O2. The Morgan fingerprint density at radius 3 is 1.45 bits per heavy atom. The smallest absolute Gasteiger partial charge is 0.127 e. The van der Waals surface area contributed by atoms with E-state index in [9.17, 15) is 10.2 Å². The van der Waals surface area contributed by atoms with E-state index in [0.29, 0.717) is 54.7 Å². The average molecular weight is 549 g/mol. The van der Waals surface area contributed by atoms with Crippen molar-refractivity contribution >= 4 is 0 Å². The van der Waals surface area contributed by atoms with Crippen LogP contribution in [0.4, 0.5) is 0 Å². The first-order valence-corrected chi connectivity index (χ1v) is 15.2. The van der Waals surface area contributed by atoms with Crippen molar-refractivity contribution in [2.45, 2.75) is 81.3 Å². The molecule has 0 saturated carbocycles. The molecule has 2 rings (SSSR count). The Balaban J connectivity index is 2.66. The van der Waals surface area contributed by atoms with Gasteiger partial charge in [0.05, 0.1) is 0 Å². The molecule has 0 aliphatic carbocycles. The van der Waals surface area contributed by atoms with Crippen LogP contribution < -0.4 is 0 Å². The maximum atomic E-state index is 11.7. The van der Waals surface area contributed by atoms with Crippen molar-refractivity contribution in [1.29, 1.82) is 0 Å². The number of aromatic hydroxyl groups is 2. The van der Waals surface area contributed by atoms with Crippen molar-refractivity contribution in [2.24, 2.45) is 23.7 Å². The van der Waals surface area contributed by atoms with E-state index in [1.165, 1.54) is 0 Å². The van der Waals surface area contributed by atoms with E-state index in [1.807, 2.05) is 18.2 Å². The quantitative estimate of drug-likeness (QED) is 0.195. The standard InChI is InChI=1S/C36H56N2O2/c1-11-13-29-15-32(23-37(19-25(3)4)20-26(5)6)36(40)34(16-29)31-17-30(14-12-2)35(39)33(18-31)24-38(21-27(7)8)22-28(9)10/h11-12,15-18,25-28,39-40H,1-2,13-14,19-24H2,3-10H3. The monoisotopic (exact) mass is 548 g/mol. The fourth-order valence-electron chi connectivity index (χ4n) is 5.69. The van der Waals surface area contributed by atoms with Gasteiger partial charge in [0.25, 0.3) is 0 Å². The number of hydrogen-bond donors (Lipinski definition) is 2. The molecule has 2 aromatic rings. The van der Waals surface area contributed by atoms with Crippen molar-refractivity contribution in [3.8, 4) is 22.6 Å². The third kappa shape index (κ3) is 10.4. The van der Waals surface area contributed by atoms with Crippen LogP contribution in [0.2, 0.25) is 0 Å². The molecular weight excluding hydrogens is 492 g/mol. The Morgan fingerprint density at radius 2 is 1.02 bits per heavy atom. The number of allylic oxidation sites excluding steroid dienone is 2. The summed E-state index contributed by atoms with van der Waals surface area (Å²) in [5.74, 6) is 2.79. The van der Waals surface area contributed by atoms with Gasteiger partial charge < -0.3 is 10.2 Å². The summed E-state index contributed by atoms with van der Waals surface area (Å²) in [4.78, 5) is 4.88. The summed E-state index contributed by atoms with van der Waals surface area (Å²) in [6.45, 7) is 31.1. The molecule has 0 saturated heterocycles. The highest BCUT2D eigenvalue weighted by Gasteiger charge is 2.20. The highest BCUT2D eigenvalue weighted by molar-refractivity contribution is 5.75. The normalized spacial score (nSPS) is 12.1. The number of phenolic OH excluding ortho intramolecular Hbond substituents is 2. The second-order valence-corrected chi connectivity index (χ2v) is 13.2. The zero-order valence-corrected chi connectivity index (χ0v) is 26.6. The van der Waals surface area contributed by atoms with Crippen molar-refractivity contribution in [2.75, 3.05) is 26.2 Å². The van der Waals surface area contributed by atoms with Gasteiger partial charge in [-0.3, -0.25) is 9.80 Å². The molecule has 0 aromatic heterocycles. The predicted octanol–water partition coefficient (Wildman–Crippen LogP) is 8.45. The molecule has 0 bridgehead atoms. The van der Waals surface area contributed by atoms with E-state index in [4.69, 9.17) is 0 Å². The summed E-state index contributed by atoms with van der Waals surface area (Å²) < 4.78 is 0. The van der Waals surface area contributed by atoms with Gasteiger partial charge in [-0.1, -0.05) is 73.6 Å². The van der Waals surface area contributed by atoms with Crippen LogP contribution in [0.3, 0.4) is 0 Å². The second kappa shape index (κ2) is 16.0. The van der Waals surface area contributed by atoms with Crippen molar-refractivity contribution < 1.29 is 10.2 Å². The van der Waals surface area contributed by atoms with E-state index in [-0.39, 0.29) is 0 Å². The molecule has 0 spiro atoms. The molecule has 0 unspecified atom stereocenters. The zero-order chi connectivity index (χ0) is 30.0. The van der Waals surface area contributed by atoms with Gasteiger partial charge in [0.2, 0.25) is 0 Å². The van der Waals surface area contributed by atoms with Crippen molar-refractivity contribution in [3.05, 3.63) is 71.8 Å². The van der Waals surface area contributed by atoms with E-state index < -0.39 is 0 Å². The molecule has 0 aliphatic heterocycles. The first-order valence-electron chi connectivity index (χ1n) is 15.2. The minimum Gasteiger partial charge on any atom is -0.507 e. The Hall–Kier alpha value is -2.56. The van der Waals surface area contributed by atoms with Gasteiger partial charge in [0, 0.05) is 56.0 Å².